The highest BCUT2D eigenvalue weighted by Gasteiger charge is 2.17. The maximum atomic E-state index is 5.84. The van der Waals surface area contributed by atoms with Gasteiger partial charge in [0.1, 0.15) is 5.76 Å². The molecule has 1 aromatic carbocycles. The maximum Gasteiger partial charge on any atom is 0.175 e. The topological polar surface area (TPSA) is 52.0 Å². The number of rotatable bonds is 2. The Kier molecular flexibility index (Phi) is 2.69. The Balaban J connectivity index is 2.54. The summed E-state index contributed by atoms with van der Waals surface area (Å²) >= 11 is 0. The summed E-state index contributed by atoms with van der Waals surface area (Å²) in [6, 6.07) is 8.21. The van der Waals surface area contributed by atoms with E-state index in [0.717, 1.165) is 16.9 Å². The molecule has 0 bridgehead atoms. The second-order valence-corrected chi connectivity index (χ2v) is 4.33. The summed E-state index contributed by atoms with van der Waals surface area (Å²) in [6.07, 6.45) is 0. The Morgan fingerprint density at radius 1 is 1.19 bits per heavy atom. The van der Waals surface area contributed by atoms with E-state index in [1.54, 1.807) is 0 Å². The Morgan fingerprint density at radius 2 is 1.81 bits per heavy atom. The van der Waals surface area contributed by atoms with Crippen molar-refractivity contribution in [2.45, 2.75) is 26.7 Å². The quantitative estimate of drug-likeness (QED) is 0.837. The first-order valence-corrected chi connectivity index (χ1v) is 5.41. The molecular weight excluding hydrogens is 200 g/mol. The number of nitrogens with two attached hydrogens (primary N) is 1. The van der Waals surface area contributed by atoms with Crippen LogP contribution in [-0.2, 0) is 0 Å². The van der Waals surface area contributed by atoms with Crippen molar-refractivity contribution in [1.82, 2.24) is 5.16 Å². The fraction of sp³-hybridized carbons (Fsp3) is 0.308. The molecule has 0 aliphatic heterocycles. The highest BCUT2D eigenvalue weighted by molar-refractivity contribution is 5.75. The second-order valence-electron chi connectivity index (χ2n) is 4.33. The van der Waals surface area contributed by atoms with Gasteiger partial charge in [0.05, 0.1) is 5.56 Å². The van der Waals surface area contributed by atoms with E-state index in [1.807, 2.05) is 12.1 Å². The van der Waals surface area contributed by atoms with Gasteiger partial charge in [-0.2, -0.15) is 0 Å². The van der Waals surface area contributed by atoms with Gasteiger partial charge in [0.25, 0.3) is 0 Å². The highest BCUT2D eigenvalue weighted by Crippen LogP contribution is 2.33. The van der Waals surface area contributed by atoms with E-state index in [1.165, 1.54) is 5.56 Å². The number of hydrogen-bond donors (Lipinski definition) is 1. The average molecular weight is 216 g/mol. The minimum absolute atomic E-state index is 0.279. The molecule has 2 rings (SSSR count). The summed E-state index contributed by atoms with van der Waals surface area (Å²) in [6.45, 7) is 6.19. The molecule has 2 aromatic rings. The molecule has 0 unspecified atom stereocenters. The Hall–Kier alpha value is -1.77. The van der Waals surface area contributed by atoms with Crippen molar-refractivity contribution in [3.63, 3.8) is 0 Å². The highest BCUT2D eigenvalue weighted by atomic mass is 16.5. The van der Waals surface area contributed by atoms with Gasteiger partial charge >= 0.3 is 0 Å². The first-order chi connectivity index (χ1) is 7.59. The summed E-state index contributed by atoms with van der Waals surface area (Å²) < 4.78 is 5.27. The molecule has 1 heterocycles. The molecule has 0 fully saturated rings. The molecule has 84 valence electrons. The van der Waals surface area contributed by atoms with Crippen LogP contribution >= 0.6 is 0 Å². The lowest BCUT2D eigenvalue weighted by Gasteiger charge is -2.05. The van der Waals surface area contributed by atoms with E-state index in [9.17, 15) is 0 Å². The molecule has 2 N–H and O–H groups in total. The molecule has 0 aliphatic rings. The smallest absolute Gasteiger partial charge is 0.175 e. The first kappa shape index (κ1) is 10.7. The summed E-state index contributed by atoms with van der Waals surface area (Å²) in [5, 5.41) is 3.84. The number of nitrogens with zero attached hydrogens (tertiary/aromatic N) is 1. The fourth-order valence-electron chi connectivity index (χ4n) is 1.72. The molecule has 0 saturated heterocycles. The molecule has 1 aromatic heterocycles. The largest absolute Gasteiger partial charge is 0.380 e. The molecule has 0 saturated carbocycles. The summed E-state index contributed by atoms with van der Waals surface area (Å²) in [5.74, 6) is 1.59. The van der Waals surface area contributed by atoms with E-state index in [0.29, 0.717) is 5.82 Å². The normalized spacial score (nSPS) is 11.0. The van der Waals surface area contributed by atoms with Gasteiger partial charge in [-0.25, -0.2) is 0 Å². The molecule has 0 spiro atoms. The predicted molar refractivity (Wildman–Crippen MR) is 65.2 cm³/mol. The summed E-state index contributed by atoms with van der Waals surface area (Å²) in [4.78, 5) is 0. The fourth-order valence-corrected chi connectivity index (χ4v) is 1.72. The number of aryl methyl sites for hydroxylation is 1. The zero-order valence-corrected chi connectivity index (χ0v) is 9.82. The van der Waals surface area contributed by atoms with Gasteiger partial charge in [-0.3, -0.25) is 0 Å². The molecule has 16 heavy (non-hydrogen) atoms. The number of aromatic nitrogens is 1. The van der Waals surface area contributed by atoms with Gasteiger partial charge in [-0.1, -0.05) is 48.8 Å². The van der Waals surface area contributed by atoms with Crippen LogP contribution < -0.4 is 5.73 Å². The third-order valence-corrected chi connectivity index (χ3v) is 2.61. The van der Waals surface area contributed by atoms with Crippen molar-refractivity contribution in [2.24, 2.45) is 0 Å². The van der Waals surface area contributed by atoms with Gasteiger partial charge < -0.3 is 10.3 Å². The Morgan fingerprint density at radius 3 is 2.38 bits per heavy atom. The van der Waals surface area contributed by atoms with Crippen LogP contribution in [0.2, 0.25) is 0 Å². The van der Waals surface area contributed by atoms with Gasteiger partial charge in [-0.05, 0) is 12.5 Å². The third kappa shape index (κ3) is 1.81. The lowest BCUT2D eigenvalue weighted by atomic mass is 9.99. The van der Waals surface area contributed by atoms with Crippen molar-refractivity contribution in [1.29, 1.82) is 0 Å². The predicted octanol–water partition coefficient (Wildman–Crippen LogP) is 3.36. The van der Waals surface area contributed by atoms with Crippen LogP contribution in [-0.4, -0.2) is 5.16 Å². The molecule has 0 aliphatic carbocycles. The lowest BCUT2D eigenvalue weighted by Crippen LogP contribution is -1.92. The van der Waals surface area contributed by atoms with E-state index >= 15 is 0 Å². The minimum Gasteiger partial charge on any atom is -0.380 e. The van der Waals surface area contributed by atoms with Gasteiger partial charge in [0.15, 0.2) is 5.82 Å². The molecule has 0 radical (unpaired) electrons. The van der Waals surface area contributed by atoms with E-state index < -0.39 is 0 Å². The molecule has 0 amide bonds. The lowest BCUT2D eigenvalue weighted by molar-refractivity contribution is 0.374. The summed E-state index contributed by atoms with van der Waals surface area (Å²) in [5.41, 5.74) is 9.06. The Labute approximate surface area is 95.3 Å². The van der Waals surface area contributed by atoms with Crippen LogP contribution in [0.15, 0.2) is 28.8 Å². The van der Waals surface area contributed by atoms with E-state index in [2.05, 4.69) is 38.1 Å². The average Bonchev–Trinajstić information content (AvgIpc) is 2.62. The number of nitrogen functional groups attached to an aromatic ring is 1. The van der Waals surface area contributed by atoms with Gasteiger partial charge in [-0.15, -0.1) is 0 Å². The molecule has 0 atom stereocenters. The monoisotopic (exact) mass is 216 g/mol. The third-order valence-electron chi connectivity index (χ3n) is 2.61. The molecular formula is C13H16N2O. The van der Waals surface area contributed by atoms with Crippen LogP contribution in [0.25, 0.3) is 11.1 Å². The zero-order chi connectivity index (χ0) is 11.7. The van der Waals surface area contributed by atoms with Crippen molar-refractivity contribution in [3.05, 3.63) is 35.6 Å². The number of hydrogen-bond acceptors (Lipinski definition) is 3. The van der Waals surface area contributed by atoms with Crippen LogP contribution in [0, 0.1) is 6.92 Å². The van der Waals surface area contributed by atoms with Crippen molar-refractivity contribution < 1.29 is 4.52 Å². The van der Waals surface area contributed by atoms with Crippen LogP contribution in [0.4, 0.5) is 5.82 Å². The number of benzene rings is 1. The maximum absolute atomic E-state index is 5.84. The number of anilines is 1. The first-order valence-electron chi connectivity index (χ1n) is 5.41. The van der Waals surface area contributed by atoms with Crippen LogP contribution in [0.1, 0.15) is 31.1 Å². The Bertz CT molecular complexity index is 483. The van der Waals surface area contributed by atoms with Crippen LogP contribution in [0.3, 0.4) is 0 Å². The standard InChI is InChI=1S/C13H16N2O/c1-8(2)12-11(13(14)15-16-12)10-6-4-9(3)5-7-10/h4-8H,1-3H3,(H2,14,15). The molecule has 3 nitrogen and oxygen atoms in total. The van der Waals surface area contributed by atoms with Crippen molar-refractivity contribution in [2.75, 3.05) is 5.73 Å². The van der Waals surface area contributed by atoms with Gasteiger partial charge in [0, 0.05) is 5.92 Å². The van der Waals surface area contributed by atoms with Gasteiger partial charge in [0.2, 0.25) is 0 Å². The van der Waals surface area contributed by atoms with E-state index in [4.69, 9.17) is 10.3 Å². The summed E-state index contributed by atoms with van der Waals surface area (Å²) in [7, 11) is 0. The SMILES string of the molecule is Cc1ccc(-c2c(N)noc2C(C)C)cc1. The van der Waals surface area contributed by atoms with E-state index in [-0.39, 0.29) is 5.92 Å². The van der Waals surface area contributed by atoms with Crippen molar-refractivity contribution >= 4 is 5.82 Å². The zero-order valence-electron chi connectivity index (χ0n) is 9.82. The second kappa shape index (κ2) is 4.00. The minimum atomic E-state index is 0.279. The van der Waals surface area contributed by atoms with Crippen LogP contribution in [0.5, 0.6) is 0 Å². The molecule has 3 heteroatoms. The van der Waals surface area contributed by atoms with Crippen molar-refractivity contribution in [3.8, 4) is 11.1 Å².